The van der Waals surface area contributed by atoms with Crippen LogP contribution in [-0.2, 0) is 13.1 Å². The summed E-state index contributed by atoms with van der Waals surface area (Å²) in [5.41, 5.74) is 5.51. The van der Waals surface area contributed by atoms with Gasteiger partial charge in [-0.3, -0.25) is 4.90 Å². The average Bonchev–Trinajstić information content (AvgIpc) is 3.09. The summed E-state index contributed by atoms with van der Waals surface area (Å²) < 4.78 is 5.06. The van der Waals surface area contributed by atoms with Gasteiger partial charge in [0.2, 0.25) is 5.89 Å². The van der Waals surface area contributed by atoms with Gasteiger partial charge >= 0.3 is 0 Å². The first-order valence-corrected chi connectivity index (χ1v) is 9.76. The molecule has 3 heterocycles. The molecule has 2 saturated heterocycles. The average molecular weight is 351 g/mol. The highest BCUT2D eigenvalue weighted by Crippen LogP contribution is 2.25. The molecule has 0 unspecified atom stereocenters. The molecule has 0 aliphatic carbocycles. The zero-order valence-electron chi connectivity index (χ0n) is 15.9. The summed E-state index contributed by atoms with van der Waals surface area (Å²) in [7, 11) is 4.37. The summed E-state index contributed by atoms with van der Waals surface area (Å²) in [5, 5.41) is 3.97. The van der Waals surface area contributed by atoms with E-state index in [1.165, 1.54) is 58.3 Å². The van der Waals surface area contributed by atoms with E-state index in [1.54, 1.807) is 0 Å². The van der Waals surface area contributed by atoms with Gasteiger partial charge in [-0.2, -0.15) is 4.98 Å². The van der Waals surface area contributed by atoms with E-state index in [2.05, 4.69) is 38.9 Å². The number of nitrogens with two attached hydrogens (primary N) is 1. The quantitative estimate of drug-likeness (QED) is 0.791. The van der Waals surface area contributed by atoms with Gasteiger partial charge in [-0.05, 0) is 84.8 Å². The molecule has 0 saturated carbocycles. The highest BCUT2D eigenvalue weighted by molar-refractivity contribution is 4.86. The Kier molecular flexibility index (Phi) is 6.81. The monoisotopic (exact) mass is 350 g/mol. The van der Waals surface area contributed by atoms with Gasteiger partial charge < -0.3 is 20.1 Å². The maximum absolute atomic E-state index is 5.51. The predicted octanol–water partition coefficient (Wildman–Crippen LogP) is 1.16. The van der Waals surface area contributed by atoms with Crippen LogP contribution in [0.2, 0.25) is 0 Å². The number of likely N-dealkylation sites (tertiary alicyclic amines) is 2. The SMILES string of the molecule is CN1CCC(N2CCC(CCN(C)Cc3noc(CN)n3)CC2)CC1. The Morgan fingerprint density at radius 2 is 1.88 bits per heavy atom. The molecule has 2 aliphatic rings. The van der Waals surface area contributed by atoms with Crippen LogP contribution in [-0.4, -0.2) is 77.7 Å². The first kappa shape index (κ1) is 18.8. The molecule has 0 atom stereocenters. The Morgan fingerprint density at radius 3 is 2.52 bits per heavy atom. The van der Waals surface area contributed by atoms with Gasteiger partial charge in [0.1, 0.15) is 0 Å². The molecule has 2 aliphatic heterocycles. The van der Waals surface area contributed by atoms with Gasteiger partial charge in [0, 0.05) is 6.04 Å². The minimum Gasteiger partial charge on any atom is -0.338 e. The third-order valence-electron chi connectivity index (χ3n) is 5.87. The molecule has 2 N–H and O–H groups in total. The second-order valence-corrected chi connectivity index (χ2v) is 7.85. The molecular weight excluding hydrogens is 316 g/mol. The van der Waals surface area contributed by atoms with Gasteiger partial charge in [0.15, 0.2) is 5.82 Å². The van der Waals surface area contributed by atoms with Crippen LogP contribution in [0.25, 0.3) is 0 Å². The van der Waals surface area contributed by atoms with Gasteiger partial charge in [0.05, 0.1) is 13.1 Å². The zero-order chi connectivity index (χ0) is 17.6. The molecule has 0 radical (unpaired) electrons. The van der Waals surface area contributed by atoms with Crippen molar-refractivity contribution in [1.29, 1.82) is 0 Å². The zero-order valence-corrected chi connectivity index (χ0v) is 15.9. The van der Waals surface area contributed by atoms with Crippen LogP contribution in [0.4, 0.5) is 0 Å². The molecule has 0 bridgehead atoms. The lowest BCUT2D eigenvalue weighted by molar-refractivity contribution is 0.0814. The molecule has 1 aromatic rings. The summed E-state index contributed by atoms with van der Waals surface area (Å²) in [6.45, 7) is 7.23. The molecule has 142 valence electrons. The molecule has 2 fully saturated rings. The van der Waals surface area contributed by atoms with E-state index < -0.39 is 0 Å². The summed E-state index contributed by atoms with van der Waals surface area (Å²) in [6, 6.07) is 0.829. The van der Waals surface area contributed by atoms with E-state index in [0.717, 1.165) is 30.9 Å². The van der Waals surface area contributed by atoms with E-state index in [4.69, 9.17) is 10.3 Å². The van der Waals surface area contributed by atoms with Crippen molar-refractivity contribution >= 4 is 0 Å². The molecule has 0 aromatic carbocycles. The van der Waals surface area contributed by atoms with Crippen molar-refractivity contribution < 1.29 is 4.52 Å². The second-order valence-electron chi connectivity index (χ2n) is 7.85. The summed E-state index contributed by atoms with van der Waals surface area (Å²) in [6.07, 6.45) is 6.65. The Bertz CT molecular complexity index is 505. The van der Waals surface area contributed by atoms with Crippen LogP contribution >= 0.6 is 0 Å². The Balaban J connectivity index is 1.33. The third-order valence-corrected chi connectivity index (χ3v) is 5.87. The standard InChI is InChI=1S/C18H34N6O/c1-22-9-6-16(7-10-22)24-11-4-15(5-12-24)3-8-23(2)14-17-20-18(13-19)25-21-17/h15-16H,3-14,19H2,1-2H3. The molecule has 7 nitrogen and oxygen atoms in total. The fourth-order valence-electron chi connectivity index (χ4n) is 4.13. The van der Waals surface area contributed by atoms with E-state index in [9.17, 15) is 0 Å². The molecule has 0 spiro atoms. The largest absolute Gasteiger partial charge is 0.338 e. The maximum atomic E-state index is 5.51. The number of nitrogens with zero attached hydrogens (tertiary/aromatic N) is 5. The van der Waals surface area contributed by atoms with Crippen molar-refractivity contribution in [2.75, 3.05) is 46.8 Å². The van der Waals surface area contributed by atoms with Gasteiger partial charge in [-0.15, -0.1) is 0 Å². The summed E-state index contributed by atoms with van der Waals surface area (Å²) in [4.78, 5) is 11.8. The van der Waals surface area contributed by atoms with Crippen molar-refractivity contribution in [3.05, 3.63) is 11.7 Å². The van der Waals surface area contributed by atoms with Crippen LogP contribution in [0.3, 0.4) is 0 Å². The number of hydrogen-bond acceptors (Lipinski definition) is 7. The van der Waals surface area contributed by atoms with Gasteiger partial charge in [0.25, 0.3) is 0 Å². The Labute approximate surface area is 151 Å². The fraction of sp³-hybridized carbons (Fsp3) is 0.889. The molecule has 25 heavy (non-hydrogen) atoms. The van der Waals surface area contributed by atoms with Gasteiger partial charge in [-0.25, -0.2) is 0 Å². The lowest BCUT2D eigenvalue weighted by Crippen LogP contribution is -2.47. The van der Waals surface area contributed by atoms with Crippen molar-refractivity contribution in [2.24, 2.45) is 11.7 Å². The van der Waals surface area contributed by atoms with Crippen LogP contribution in [0, 0.1) is 5.92 Å². The minimum atomic E-state index is 0.312. The van der Waals surface area contributed by atoms with E-state index >= 15 is 0 Å². The molecule has 0 amide bonds. The van der Waals surface area contributed by atoms with Crippen LogP contribution in [0.5, 0.6) is 0 Å². The van der Waals surface area contributed by atoms with Crippen LogP contribution < -0.4 is 5.73 Å². The highest BCUT2D eigenvalue weighted by atomic mass is 16.5. The molecule has 3 rings (SSSR count). The van der Waals surface area contributed by atoms with Gasteiger partial charge in [-0.1, -0.05) is 5.16 Å². The summed E-state index contributed by atoms with van der Waals surface area (Å²) in [5.74, 6) is 2.11. The first-order chi connectivity index (χ1) is 12.1. The highest BCUT2D eigenvalue weighted by Gasteiger charge is 2.27. The van der Waals surface area contributed by atoms with Crippen LogP contribution in [0.1, 0.15) is 43.8 Å². The minimum absolute atomic E-state index is 0.312. The van der Waals surface area contributed by atoms with Crippen molar-refractivity contribution in [3.63, 3.8) is 0 Å². The van der Waals surface area contributed by atoms with Crippen LogP contribution in [0.15, 0.2) is 4.52 Å². The van der Waals surface area contributed by atoms with E-state index in [1.807, 2.05) is 0 Å². The molecule has 1 aromatic heterocycles. The Morgan fingerprint density at radius 1 is 1.16 bits per heavy atom. The number of aromatic nitrogens is 2. The fourth-order valence-corrected chi connectivity index (χ4v) is 4.13. The van der Waals surface area contributed by atoms with Crippen molar-refractivity contribution in [3.8, 4) is 0 Å². The first-order valence-electron chi connectivity index (χ1n) is 9.76. The smallest absolute Gasteiger partial charge is 0.240 e. The second kappa shape index (κ2) is 9.07. The van der Waals surface area contributed by atoms with Crippen molar-refractivity contribution in [1.82, 2.24) is 24.8 Å². The summed E-state index contributed by atoms with van der Waals surface area (Å²) >= 11 is 0. The molecular formula is C18H34N6O. The normalized spacial score (nSPS) is 22.1. The van der Waals surface area contributed by atoms with E-state index in [0.29, 0.717) is 12.4 Å². The third kappa shape index (κ3) is 5.48. The predicted molar refractivity (Wildman–Crippen MR) is 98.0 cm³/mol. The lowest BCUT2D eigenvalue weighted by Gasteiger charge is -2.41. The van der Waals surface area contributed by atoms with E-state index in [-0.39, 0.29) is 0 Å². The number of hydrogen-bond donors (Lipinski definition) is 1. The topological polar surface area (TPSA) is 74.7 Å². The molecule has 7 heteroatoms. The number of piperidine rings is 2. The maximum Gasteiger partial charge on any atom is 0.240 e. The Hall–Kier alpha value is -1.02. The number of rotatable bonds is 7. The lowest BCUT2D eigenvalue weighted by atomic mass is 9.91. The van der Waals surface area contributed by atoms with Crippen molar-refractivity contribution in [2.45, 2.75) is 51.2 Å².